The van der Waals surface area contributed by atoms with Gasteiger partial charge in [0.2, 0.25) is 5.82 Å². The van der Waals surface area contributed by atoms with Gasteiger partial charge in [0.05, 0.1) is 25.1 Å². The summed E-state index contributed by atoms with van der Waals surface area (Å²) in [6.45, 7) is 0.363. The summed E-state index contributed by atoms with van der Waals surface area (Å²) >= 11 is 0. The van der Waals surface area contributed by atoms with E-state index < -0.39 is 17.8 Å². The lowest BCUT2D eigenvalue weighted by molar-refractivity contribution is -0.137. The number of carboxylic acids is 1. The summed E-state index contributed by atoms with van der Waals surface area (Å²) in [6.07, 6.45) is 3.55. The monoisotopic (exact) mass is 387 g/mol. The number of aliphatic carboxylic acids is 1. The number of carbonyl (C=O) groups is 1. The third kappa shape index (κ3) is 5.27. The van der Waals surface area contributed by atoms with Gasteiger partial charge in [-0.25, -0.2) is 14.4 Å². The van der Waals surface area contributed by atoms with Crippen LogP contribution in [0.2, 0.25) is 0 Å². The number of nitrogens with two attached hydrogens (primary N) is 1. The number of halogens is 1. The number of hydrogen-bond acceptors (Lipinski definition) is 8. The van der Waals surface area contributed by atoms with Crippen LogP contribution in [0.5, 0.6) is 5.75 Å². The minimum absolute atomic E-state index is 0.0592. The van der Waals surface area contributed by atoms with E-state index in [2.05, 4.69) is 25.4 Å². The van der Waals surface area contributed by atoms with Crippen LogP contribution in [0.4, 0.5) is 4.39 Å². The van der Waals surface area contributed by atoms with E-state index in [1.165, 1.54) is 12.1 Å². The fraction of sp³-hybridized carbons (Fsp3) is 0.294. The molecule has 3 rings (SSSR count). The number of tetrazole rings is 1. The van der Waals surface area contributed by atoms with Crippen LogP contribution in [-0.4, -0.2) is 53.9 Å². The minimum Gasteiger partial charge on any atom is -0.493 e. The number of aromatic nitrogens is 6. The molecule has 10 nitrogen and oxygen atoms in total. The van der Waals surface area contributed by atoms with Gasteiger partial charge in [0.25, 0.3) is 0 Å². The SMILES string of the molecule is N[C@@H](CC(=O)O)Cn1nnc(-c2ccc(OCCc3ncccn3)cc2F)n1. The Morgan fingerprint density at radius 1 is 1.32 bits per heavy atom. The van der Waals surface area contributed by atoms with Crippen molar-refractivity contribution in [3.8, 4) is 17.1 Å². The second-order valence-electron chi connectivity index (χ2n) is 5.93. The first kappa shape index (κ1) is 19.3. The van der Waals surface area contributed by atoms with Crippen molar-refractivity contribution in [1.29, 1.82) is 0 Å². The maximum atomic E-state index is 14.4. The highest BCUT2D eigenvalue weighted by Gasteiger charge is 2.15. The van der Waals surface area contributed by atoms with Crippen LogP contribution in [0.25, 0.3) is 11.4 Å². The molecule has 2 aromatic heterocycles. The summed E-state index contributed by atoms with van der Waals surface area (Å²) in [5.41, 5.74) is 5.83. The van der Waals surface area contributed by atoms with Gasteiger partial charge in [-0.15, -0.1) is 10.2 Å². The van der Waals surface area contributed by atoms with Crippen molar-refractivity contribution >= 4 is 5.97 Å². The van der Waals surface area contributed by atoms with Crippen molar-refractivity contribution in [2.75, 3.05) is 6.61 Å². The molecule has 0 aliphatic rings. The molecule has 0 saturated carbocycles. The highest BCUT2D eigenvalue weighted by molar-refractivity contribution is 5.67. The molecule has 0 fully saturated rings. The molecule has 0 bridgehead atoms. The van der Waals surface area contributed by atoms with Crippen molar-refractivity contribution in [3.05, 3.63) is 48.3 Å². The predicted molar refractivity (Wildman–Crippen MR) is 94.7 cm³/mol. The minimum atomic E-state index is -1.02. The summed E-state index contributed by atoms with van der Waals surface area (Å²) in [5, 5.41) is 20.3. The number of rotatable bonds is 9. The number of carboxylic acid groups (broad SMARTS) is 1. The first-order chi connectivity index (χ1) is 13.5. The predicted octanol–water partition coefficient (Wildman–Crippen LogP) is 0.693. The van der Waals surface area contributed by atoms with Crippen LogP contribution in [0.3, 0.4) is 0 Å². The third-order valence-corrected chi connectivity index (χ3v) is 3.68. The van der Waals surface area contributed by atoms with E-state index in [-0.39, 0.29) is 24.4 Å². The van der Waals surface area contributed by atoms with Gasteiger partial charge in [0.15, 0.2) is 0 Å². The van der Waals surface area contributed by atoms with Crippen molar-refractivity contribution in [2.24, 2.45) is 5.73 Å². The second-order valence-corrected chi connectivity index (χ2v) is 5.93. The number of hydrogen-bond donors (Lipinski definition) is 2. The van der Waals surface area contributed by atoms with Crippen molar-refractivity contribution in [1.82, 2.24) is 30.2 Å². The lowest BCUT2D eigenvalue weighted by Gasteiger charge is -2.07. The molecule has 0 saturated heterocycles. The van der Waals surface area contributed by atoms with Crippen LogP contribution >= 0.6 is 0 Å². The maximum Gasteiger partial charge on any atom is 0.304 e. The van der Waals surface area contributed by atoms with E-state index in [1.54, 1.807) is 24.5 Å². The number of nitrogens with zero attached hydrogens (tertiary/aromatic N) is 6. The van der Waals surface area contributed by atoms with Crippen LogP contribution in [0, 0.1) is 5.82 Å². The fourth-order valence-corrected chi connectivity index (χ4v) is 2.41. The molecule has 0 aliphatic carbocycles. The average molecular weight is 387 g/mol. The zero-order valence-corrected chi connectivity index (χ0v) is 14.8. The molecule has 0 aliphatic heterocycles. The standard InChI is InChI=1S/C17H18FN7O3/c18-14-9-12(28-7-4-15-20-5-1-6-21-15)2-3-13(14)17-22-24-25(23-17)10-11(19)8-16(26)27/h1-3,5-6,9,11H,4,7-8,10,19H2,(H,26,27)/t11-/m0/s1. The van der Waals surface area contributed by atoms with E-state index in [1.807, 2.05) is 0 Å². The normalized spacial score (nSPS) is 11.9. The largest absolute Gasteiger partial charge is 0.493 e. The smallest absolute Gasteiger partial charge is 0.304 e. The molecule has 0 unspecified atom stereocenters. The van der Waals surface area contributed by atoms with Crippen molar-refractivity contribution in [2.45, 2.75) is 25.4 Å². The van der Waals surface area contributed by atoms with Crippen molar-refractivity contribution < 1.29 is 19.0 Å². The van der Waals surface area contributed by atoms with Gasteiger partial charge in [0.1, 0.15) is 17.4 Å². The van der Waals surface area contributed by atoms with E-state index >= 15 is 0 Å². The molecule has 2 heterocycles. The van der Waals surface area contributed by atoms with Crippen LogP contribution in [0.1, 0.15) is 12.2 Å². The van der Waals surface area contributed by atoms with E-state index in [0.717, 1.165) is 4.80 Å². The zero-order valence-electron chi connectivity index (χ0n) is 14.8. The molecule has 3 aromatic rings. The maximum absolute atomic E-state index is 14.4. The summed E-state index contributed by atoms with van der Waals surface area (Å²) in [4.78, 5) is 20.0. The molecule has 11 heteroatoms. The molecule has 3 N–H and O–H groups in total. The molecule has 28 heavy (non-hydrogen) atoms. The molecule has 0 radical (unpaired) electrons. The fourth-order valence-electron chi connectivity index (χ4n) is 2.41. The summed E-state index contributed by atoms with van der Waals surface area (Å²) in [5.74, 6) is -0.519. The Bertz CT molecular complexity index is 936. The van der Waals surface area contributed by atoms with Crippen LogP contribution < -0.4 is 10.5 Å². The summed E-state index contributed by atoms with van der Waals surface area (Å²) in [7, 11) is 0. The molecule has 146 valence electrons. The Morgan fingerprint density at radius 3 is 2.82 bits per heavy atom. The van der Waals surface area contributed by atoms with Gasteiger partial charge in [-0.3, -0.25) is 4.79 Å². The second kappa shape index (κ2) is 8.95. The molecule has 0 amide bonds. The average Bonchev–Trinajstić information content (AvgIpc) is 3.10. The lowest BCUT2D eigenvalue weighted by atomic mass is 10.2. The molecule has 1 aromatic carbocycles. The van der Waals surface area contributed by atoms with Crippen molar-refractivity contribution in [3.63, 3.8) is 0 Å². The van der Waals surface area contributed by atoms with Crippen LogP contribution in [0.15, 0.2) is 36.7 Å². The Balaban J connectivity index is 1.60. The van der Waals surface area contributed by atoms with E-state index in [4.69, 9.17) is 15.6 Å². The summed E-state index contributed by atoms with van der Waals surface area (Å²) in [6, 6.07) is 5.37. The zero-order chi connectivity index (χ0) is 19.9. The Hall–Kier alpha value is -3.47. The van der Waals surface area contributed by atoms with Gasteiger partial charge < -0.3 is 15.6 Å². The molecule has 1 atom stereocenters. The first-order valence-electron chi connectivity index (χ1n) is 8.45. The number of benzene rings is 1. The van der Waals surface area contributed by atoms with Gasteiger partial charge >= 0.3 is 5.97 Å². The lowest BCUT2D eigenvalue weighted by Crippen LogP contribution is -2.30. The van der Waals surface area contributed by atoms with Gasteiger partial charge in [-0.1, -0.05) is 0 Å². The molecule has 0 spiro atoms. The highest BCUT2D eigenvalue weighted by Crippen LogP contribution is 2.23. The molecular weight excluding hydrogens is 369 g/mol. The molecular formula is C17H18FN7O3. The summed E-state index contributed by atoms with van der Waals surface area (Å²) < 4.78 is 19.9. The Morgan fingerprint density at radius 2 is 2.11 bits per heavy atom. The van der Waals surface area contributed by atoms with Crippen LogP contribution in [-0.2, 0) is 17.8 Å². The number of ether oxygens (including phenoxy) is 1. The van der Waals surface area contributed by atoms with Gasteiger partial charge in [-0.05, 0) is 23.4 Å². The van der Waals surface area contributed by atoms with E-state index in [9.17, 15) is 9.18 Å². The highest BCUT2D eigenvalue weighted by atomic mass is 19.1. The topological polar surface area (TPSA) is 142 Å². The Labute approximate surface area is 159 Å². The van der Waals surface area contributed by atoms with Gasteiger partial charge in [0, 0.05) is 30.9 Å². The first-order valence-corrected chi connectivity index (χ1v) is 8.45. The van der Waals surface area contributed by atoms with Gasteiger partial charge in [-0.2, -0.15) is 4.80 Å². The van der Waals surface area contributed by atoms with E-state index in [0.29, 0.717) is 24.6 Å². The third-order valence-electron chi connectivity index (χ3n) is 3.68. The Kier molecular flexibility index (Phi) is 6.17. The quantitative estimate of drug-likeness (QED) is 0.542.